The Bertz CT molecular complexity index is 386. The van der Waals surface area contributed by atoms with E-state index in [-0.39, 0.29) is 17.8 Å². The SMILES string of the molecule is O=C(CC1CCCCO1)Nc1cccc(O)c1. The fourth-order valence-corrected chi connectivity index (χ4v) is 1.97. The molecular weight excluding hydrogens is 218 g/mol. The van der Waals surface area contributed by atoms with Crippen LogP contribution in [0.5, 0.6) is 5.75 Å². The van der Waals surface area contributed by atoms with E-state index in [1.54, 1.807) is 18.2 Å². The molecule has 2 N–H and O–H groups in total. The fraction of sp³-hybridized carbons (Fsp3) is 0.462. The number of amides is 1. The monoisotopic (exact) mass is 235 g/mol. The maximum Gasteiger partial charge on any atom is 0.226 e. The molecule has 0 radical (unpaired) electrons. The van der Waals surface area contributed by atoms with Crippen molar-refractivity contribution in [3.05, 3.63) is 24.3 Å². The normalized spacial score (nSPS) is 19.9. The number of hydrogen-bond donors (Lipinski definition) is 2. The quantitative estimate of drug-likeness (QED) is 0.845. The van der Waals surface area contributed by atoms with Crippen molar-refractivity contribution in [1.29, 1.82) is 0 Å². The minimum Gasteiger partial charge on any atom is -0.508 e. The lowest BCUT2D eigenvalue weighted by atomic mass is 10.1. The van der Waals surface area contributed by atoms with Crippen molar-refractivity contribution < 1.29 is 14.6 Å². The lowest BCUT2D eigenvalue weighted by Crippen LogP contribution is -2.25. The number of rotatable bonds is 3. The second-order valence-electron chi connectivity index (χ2n) is 4.29. The van der Waals surface area contributed by atoms with E-state index in [1.165, 1.54) is 6.07 Å². The Morgan fingerprint density at radius 3 is 3.06 bits per heavy atom. The number of nitrogens with one attached hydrogen (secondary N) is 1. The smallest absolute Gasteiger partial charge is 0.226 e. The molecular formula is C13H17NO3. The summed E-state index contributed by atoms with van der Waals surface area (Å²) in [6.45, 7) is 0.754. The van der Waals surface area contributed by atoms with Crippen molar-refractivity contribution >= 4 is 11.6 Å². The summed E-state index contributed by atoms with van der Waals surface area (Å²) in [6, 6.07) is 6.54. The molecule has 1 aliphatic rings. The summed E-state index contributed by atoms with van der Waals surface area (Å²) in [5.74, 6) is 0.0826. The summed E-state index contributed by atoms with van der Waals surface area (Å²) in [4.78, 5) is 11.7. The zero-order chi connectivity index (χ0) is 12.1. The molecule has 1 unspecified atom stereocenters. The number of hydrogen-bond acceptors (Lipinski definition) is 3. The van der Waals surface area contributed by atoms with Crippen molar-refractivity contribution in [3.8, 4) is 5.75 Å². The zero-order valence-electron chi connectivity index (χ0n) is 9.69. The lowest BCUT2D eigenvalue weighted by molar-refractivity contribution is -0.119. The number of benzene rings is 1. The van der Waals surface area contributed by atoms with E-state index in [1.807, 2.05) is 0 Å². The van der Waals surface area contributed by atoms with Crippen LogP contribution >= 0.6 is 0 Å². The summed E-state index contributed by atoms with van der Waals surface area (Å²) in [5, 5.41) is 12.0. The molecule has 4 heteroatoms. The van der Waals surface area contributed by atoms with Crippen LogP contribution in [0.1, 0.15) is 25.7 Å². The van der Waals surface area contributed by atoms with Crippen LogP contribution in [-0.4, -0.2) is 23.7 Å². The second kappa shape index (κ2) is 5.68. The first-order valence-corrected chi connectivity index (χ1v) is 5.94. The molecule has 1 amide bonds. The first kappa shape index (κ1) is 11.9. The van der Waals surface area contributed by atoms with Gasteiger partial charge in [-0.3, -0.25) is 4.79 Å². The number of anilines is 1. The molecule has 0 aliphatic carbocycles. The molecule has 1 aromatic rings. The summed E-state index contributed by atoms with van der Waals surface area (Å²) < 4.78 is 5.50. The minimum atomic E-state index is -0.0671. The van der Waals surface area contributed by atoms with E-state index in [2.05, 4.69) is 5.32 Å². The van der Waals surface area contributed by atoms with Crippen LogP contribution < -0.4 is 5.32 Å². The van der Waals surface area contributed by atoms with Gasteiger partial charge in [-0.1, -0.05) is 6.07 Å². The lowest BCUT2D eigenvalue weighted by Gasteiger charge is -2.21. The van der Waals surface area contributed by atoms with Crippen molar-refractivity contribution in [2.24, 2.45) is 0 Å². The number of aromatic hydroxyl groups is 1. The molecule has 4 nitrogen and oxygen atoms in total. The molecule has 1 fully saturated rings. The van der Waals surface area contributed by atoms with Gasteiger partial charge in [0.25, 0.3) is 0 Å². The maximum absolute atomic E-state index is 11.7. The third-order valence-electron chi connectivity index (χ3n) is 2.82. The van der Waals surface area contributed by atoms with E-state index >= 15 is 0 Å². The fourth-order valence-electron chi connectivity index (χ4n) is 1.97. The second-order valence-corrected chi connectivity index (χ2v) is 4.29. The molecule has 92 valence electrons. The molecule has 1 heterocycles. The van der Waals surface area contributed by atoms with Gasteiger partial charge in [0.05, 0.1) is 12.5 Å². The van der Waals surface area contributed by atoms with Gasteiger partial charge in [0.1, 0.15) is 5.75 Å². The molecule has 0 saturated carbocycles. The number of ether oxygens (including phenoxy) is 1. The Hall–Kier alpha value is -1.55. The van der Waals surface area contributed by atoms with E-state index < -0.39 is 0 Å². The predicted octanol–water partition coefficient (Wildman–Crippen LogP) is 2.29. The summed E-state index contributed by atoms with van der Waals surface area (Å²) >= 11 is 0. The zero-order valence-corrected chi connectivity index (χ0v) is 9.69. The van der Waals surface area contributed by atoms with Crippen molar-refractivity contribution in [1.82, 2.24) is 0 Å². The van der Waals surface area contributed by atoms with Gasteiger partial charge in [-0.2, -0.15) is 0 Å². The maximum atomic E-state index is 11.7. The van der Waals surface area contributed by atoms with Gasteiger partial charge < -0.3 is 15.2 Å². The summed E-state index contributed by atoms with van der Waals surface area (Å²) in [5.41, 5.74) is 0.616. The van der Waals surface area contributed by atoms with Crippen LogP contribution in [0.2, 0.25) is 0 Å². The molecule has 0 spiro atoms. The van der Waals surface area contributed by atoms with Gasteiger partial charge in [-0.15, -0.1) is 0 Å². The molecule has 2 rings (SSSR count). The van der Waals surface area contributed by atoms with Crippen LogP contribution in [0.4, 0.5) is 5.69 Å². The van der Waals surface area contributed by atoms with Crippen molar-refractivity contribution in [3.63, 3.8) is 0 Å². The first-order chi connectivity index (χ1) is 8.24. The Labute approximate surface area is 101 Å². The number of carbonyl (C=O) groups excluding carboxylic acids is 1. The third kappa shape index (κ3) is 3.75. The largest absolute Gasteiger partial charge is 0.508 e. The highest BCUT2D eigenvalue weighted by Crippen LogP contribution is 2.18. The topological polar surface area (TPSA) is 58.6 Å². The Morgan fingerprint density at radius 2 is 2.35 bits per heavy atom. The van der Waals surface area contributed by atoms with E-state index in [9.17, 15) is 9.90 Å². The van der Waals surface area contributed by atoms with Gasteiger partial charge in [0, 0.05) is 18.4 Å². The summed E-state index contributed by atoms with van der Waals surface area (Å²) in [6.07, 6.45) is 3.60. The molecule has 1 saturated heterocycles. The molecule has 0 bridgehead atoms. The molecule has 0 aromatic heterocycles. The highest BCUT2D eigenvalue weighted by Gasteiger charge is 2.17. The van der Waals surface area contributed by atoms with Crippen LogP contribution in [-0.2, 0) is 9.53 Å². The molecule has 17 heavy (non-hydrogen) atoms. The van der Waals surface area contributed by atoms with E-state index in [0.29, 0.717) is 12.1 Å². The van der Waals surface area contributed by atoms with Gasteiger partial charge in [0.2, 0.25) is 5.91 Å². The Morgan fingerprint density at radius 1 is 1.47 bits per heavy atom. The van der Waals surface area contributed by atoms with Gasteiger partial charge in [0.15, 0.2) is 0 Å². The highest BCUT2D eigenvalue weighted by molar-refractivity contribution is 5.91. The predicted molar refractivity (Wildman–Crippen MR) is 64.9 cm³/mol. The van der Waals surface area contributed by atoms with Crippen LogP contribution in [0.25, 0.3) is 0 Å². The molecule has 1 atom stereocenters. The van der Waals surface area contributed by atoms with Crippen LogP contribution in [0.15, 0.2) is 24.3 Å². The van der Waals surface area contributed by atoms with E-state index in [0.717, 1.165) is 25.9 Å². The average molecular weight is 235 g/mol. The number of phenolic OH excluding ortho intramolecular Hbond substituents is 1. The van der Waals surface area contributed by atoms with Crippen molar-refractivity contribution in [2.45, 2.75) is 31.8 Å². The molecule has 1 aromatic carbocycles. The number of phenols is 1. The Balaban J connectivity index is 1.84. The molecule has 1 aliphatic heterocycles. The van der Waals surface area contributed by atoms with E-state index in [4.69, 9.17) is 4.74 Å². The third-order valence-corrected chi connectivity index (χ3v) is 2.82. The highest BCUT2D eigenvalue weighted by atomic mass is 16.5. The first-order valence-electron chi connectivity index (χ1n) is 5.94. The average Bonchev–Trinajstić information content (AvgIpc) is 2.30. The minimum absolute atomic E-state index is 0.0426. The van der Waals surface area contributed by atoms with Gasteiger partial charge in [-0.05, 0) is 31.4 Å². The van der Waals surface area contributed by atoms with Gasteiger partial charge in [-0.25, -0.2) is 0 Å². The van der Waals surface area contributed by atoms with Crippen LogP contribution in [0, 0.1) is 0 Å². The van der Waals surface area contributed by atoms with Crippen LogP contribution in [0.3, 0.4) is 0 Å². The van der Waals surface area contributed by atoms with Gasteiger partial charge >= 0.3 is 0 Å². The summed E-state index contributed by atoms with van der Waals surface area (Å²) in [7, 11) is 0. The number of carbonyl (C=O) groups is 1. The van der Waals surface area contributed by atoms with Crippen molar-refractivity contribution in [2.75, 3.05) is 11.9 Å². The Kier molecular flexibility index (Phi) is 3.98. The standard InChI is InChI=1S/C13H17NO3/c15-11-5-3-4-10(8-11)14-13(16)9-12-6-1-2-7-17-12/h3-5,8,12,15H,1-2,6-7,9H2,(H,14,16).